The molecule has 1 atom stereocenters. The number of likely N-dealkylation sites (tertiary alicyclic amines) is 1. The van der Waals surface area contributed by atoms with Crippen LogP contribution < -0.4 is 0 Å². The van der Waals surface area contributed by atoms with Gasteiger partial charge in [0.05, 0.1) is 11.9 Å². The minimum Gasteiger partial charge on any atom is -0.334 e. The number of carbonyl (C=O) groups is 1. The topological polar surface area (TPSA) is 51.0 Å². The molecule has 1 amide bonds. The predicted molar refractivity (Wildman–Crippen MR) is 125 cm³/mol. The first-order valence-electron chi connectivity index (χ1n) is 11.0. The number of piperidine rings is 1. The van der Waals surface area contributed by atoms with Gasteiger partial charge in [-0.25, -0.2) is 9.67 Å². The summed E-state index contributed by atoms with van der Waals surface area (Å²) in [6.45, 7) is 3.56. The Hall–Kier alpha value is -2.99. The van der Waals surface area contributed by atoms with Gasteiger partial charge >= 0.3 is 0 Å². The third-order valence-corrected chi connectivity index (χ3v) is 7.06. The van der Waals surface area contributed by atoms with Crippen LogP contribution in [0.3, 0.4) is 0 Å². The molecule has 0 saturated carbocycles. The number of pyridine rings is 1. The Morgan fingerprint density at radius 1 is 1.13 bits per heavy atom. The first-order valence-corrected chi connectivity index (χ1v) is 11.9. The number of benzene rings is 1. The summed E-state index contributed by atoms with van der Waals surface area (Å²) < 4.78 is 1.89. The van der Waals surface area contributed by atoms with Crippen molar-refractivity contribution in [3.63, 3.8) is 0 Å². The average Bonchev–Trinajstić information content (AvgIpc) is 3.48. The maximum absolute atomic E-state index is 13.8. The van der Waals surface area contributed by atoms with E-state index in [1.807, 2.05) is 46.1 Å². The second kappa shape index (κ2) is 8.63. The molecule has 0 radical (unpaired) electrons. The van der Waals surface area contributed by atoms with Gasteiger partial charge in [-0.15, -0.1) is 11.3 Å². The fourth-order valence-electron chi connectivity index (χ4n) is 4.58. The summed E-state index contributed by atoms with van der Waals surface area (Å²) in [5.74, 6) is 0.0363. The van der Waals surface area contributed by atoms with E-state index in [0.717, 1.165) is 52.8 Å². The van der Waals surface area contributed by atoms with Crippen molar-refractivity contribution in [1.29, 1.82) is 0 Å². The number of hydrogen-bond donors (Lipinski definition) is 0. The fourth-order valence-corrected chi connectivity index (χ4v) is 5.34. The minimum atomic E-state index is 0.0363. The van der Waals surface area contributed by atoms with E-state index in [0.29, 0.717) is 12.2 Å². The molecular formula is C25H26N4OS. The Labute approximate surface area is 186 Å². The van der Waals surface area contributed by atoms with E-state index in [1.54, 1.807) is 11.3 Å². The molecule has 1 aromatic carbocycles. The lowest BCUT2D eigenvalue weighted by Crippen LogP contribution is -2.43. The molecule has 6 heteroatoms. The van der Waals surface area contributed by atoms with Gasteiger partial charge in [-0.2, -0.15) is 5.10 Å². The largest absolute Gasteiger partial charge is 0.334 e. The summed E-state index contributed by atoms with van der Waals surface area (Å²) in [6, 6.07) is 16.6. The maximum atomic E-state index is 13.8. The molecule has 4 aromatic rings. The van der Waals surface area contributed by atoms with Gasteiger partial charge in [0.15, 0.2) is 11.3 Å². The lowest BCUT2D eigenvalue weighted by molar-refractivity contribution is 0.0603. The van der Waals surface area contributed by atoms with Crippen LogP contribution >= 0.6 is 11.3 Å². The molecule has 1 aliphatic rings. The van der Waals surface area contributed by atoms with Gasteiger partial charge in [0.25, 0.3) is 5.91 Å². The molecule has 1 aliphatic heterocycles. The molecule has 0 spiro atoms. The van der Waals surface area contributed by atoms with Gasteiger partial charge in [-0.05, 0) is 48.8 Å². The summed E-state index contributed by atoms with van der Waals surface area (Å²) in [7, 11) is 0. The molecule has 0 aliphatic carbocycles. The zero-order valence-corrected chi connectivity index (χ0v) is 18.5. The number of rotatable bonds is 5. The van der Waals surface area contributed by atoms with Gasteiger partial charge in [0.2, 0.25) is 0 Å². The van der Waals surface area contributed by atoms with E-state index in [4.69, 9.17) is 5.10 Å². The SMILES string of the molecule is CCC1CCCCN1C(=O)c1nn(Cc2ccccc2)c2nccc(-c3cccs3)c12. The molecule has 4 heterocycles. The Balaban J connectivity index is 1.66. The van der Waals surface area contributed by atoms with E-state index in [1.165, 1.54) is 6.42 Å². The zero-order chi connectivity index (χ0) is 21.2. The van der Waals surface area contributed by atoms with Crippen molar-refractivity contribution in [3.05, 3.63) is 71.4 Å². The number of aromatic nitrogens is 3. The van der Waals surface area contributed by atoms with Crippen LogP contribution in [0.25, 0.3) is 21.5 Å². The molecule has 1 saturated heterocycles. The van der Waals surface area contributed by atoms with Gasteiger partial charge in [0.1, 0.15) is 0 Å². The van der Waals surface area contributed by atoms with Gasteiger partial charge in [0, 0.05) is 29.2 Å². The van der Waals surface area contributed by atoms with E-state index >= 15 is 0 Å². The molecule has 158 valence electrons. The van der Waals surface area contributed by atoms with Crippen molar-refractivity contribution >= 4 is 28.3 Å². The Bertz CT molecular complexity index is 1180. The van der Waals surface area contributed by atoms with E-state index in [9.17, 15) is 4.79 Å². The highest BCUT2D eigenvalue weighted by atomic mass is 32.1. The highest BCUT2D eigenvalue weighted by Crippen LogP contribution is 2.34. The second-order valence-electron chi connectivity index (χ2n) is 8.08. The van der Waals surface area contributed by atoms with Crippen molar-refractivity contribution < 1.29 is 4.79 Å². The molecule has 1 fully saturated rings. The monoisotopic (exact) mass is 430 g/mol. The third kappa shape index (κ3) is 3.76. The Kier molecular flexibility index (Phi) is 5.55. The van der Waals surface area contributed by atoms with Crippen LogP contribution in [0.5, 0.6) is 0 Å². The van der Waals surface area contributed by atoms with Crippen LogP contribution in [0.2, 0.25) is 0 Å². The smallest absolute Gasteiger partial charge is 0.275 e. The summed E-state index contributed by atoms with van der Waals surface area (Å²) in [5, 5.41) is 7.80. The van der Waals surface area contributed by atoms with Crippen molar-refractivity contribution in [2.45, 2.75) is 45.2 Å². The van der Waals surface area contributed by atoms with E-state index in [2.05, 4.69) is 35.5 Å². The highest BCUT2D eigenvalue weighted by molar-refractivity contribution is 7.13. The summed E-state index contributed by atoms with van der Waals surface area (Å²) in [5.41, 5.74) is 3.47. The van der Waals surface area contributed by atoms with Crippen LogP contribution in [0, 0.1) is 0 Å². The number of amides is 1. The number of thiophene rings is 1. The van der Waals surface area contributed by atoms with Crippen molar-refractivity contribution in [2.24, 2.45) is 0 Å². The first kappa shape index (κ1) is 19.9. The first-order chi connectivity index (χ1) is 15.3. The molecule has 5 rings (SSSR count). The Morgan fingerprint density at radius 2 is 2.00 bits per heavy atom. The normalized spacial score (nSPS) is 16.7. The summed E-state index contributed by atoms with van der Waals surface area (Å²) >= 11 is 1.68. The molecule has 1 unspecified atom stereocenters. The maximum Gasteiger partial charge on any atom is 0.275 e. The number of carbonyl (C=O) groups excluding carboxylic acids is 1. The fraction of sp³-hybridized carbons (Fsp3) is 0.320. The lowest BCUT2D eigenvalue weighted by atomic mass is 9.99. The molecule has 5 nitrogen and oxygen atoms in total. The second-order valence-corrected chi connectivity index (χ2v) is 9.03. The highest BCUT2D eigenvalue weighted by Gasteiger charge is 2.31. The predicted octanol–water partition coefficient (Wildman–Crippen LogP) is 5.61. The van der Waals surface area contributed by atoms with Crippen LogP contribution in [0.4, 0.5) is 0 Å². The zero-order valence-electron chi connectivity index (χ0n) is 17.7. The van der Waals surface area contributed by atoms with Crippen molar-refractivity contribution in [2.75, 3.05) is 6.54 Å². The number of fused-ring (bicyclic) bond motifs is 1. The molecule has 0 bridgehead atoms. The van der Waals surface area contributed by atoms with E-state index in [-0.39, 0.29) is 11.9 Å². The molecular weight excluding hydrogens is 404 g/mol. The van der Waals surface area contributed by atoms with Crippen molar-refractivity contribution in [1.82, 2.24) is 19.7 Å². The van der Waals surface area contributed by atoms with Gasteiger partial charge in [-0.3, -0.25) is 4.79 Å². The third-order valence-electron chi connectivity index (χ3n) is 6.16. The molecule has 31 heavy (non-hydrogen) atoms. The number of nitrogens with zero attached hydrogens (tertiary/aromatic N) is 4. The Morgan fingerprint density at radius 3 is 2.77 bits per heavy atom. The average molecular weight is 431 g/mol. The van der Waals surface area contributed by atoms with Crippen molar-refractivity contribution in [3.8, 4) is 10.4 Å². The van der Waals surface area contributed by atoms with Crippen LogP contribution in [-0.2, 0) is 6.54 Å². The number of hydrogen-bond acceptors (Lipinski definition) is 4. The molecule has 3 aromatic heterocycles. The lowest BCUT2D eigenvalue weighted by Gasteiger charge is -2.34. The quantitative estimate of drug-likeness (QED) is 0.413. The van der Waals surface area contributed by atoms with E-state index < -0.39 is 0 Å². The van der Waals surface area contributed by atoms with Crippen LogP contribution in [-0.4, -0.2) is 38.2 Å². The summed E-state index contributed by atoms with van der Waals surface area (Å²) in [4.78, 5) is 21.6. The molecule has 0 N–H and O–H groups in total. The van der Waals surface area contributed by atoms with Gasteiger partial charge < -0.3 is 4.90 Å². The van der Waals surface area contributed by atoms with Gasteiger partial charge in [-0.1, -0.05) is 43.3 Å². The minimum absolute atomic E-state index is 0.0363. The standard InChI is InChI=1S/C25H26N4OS/c1-2-19-11-6-7-15-28(19)25(30)23-22-20(21-12-8-16-31-21)13-14-26-24(22)29(27-23)17-18-9-4-3-5-10-18/h3-5,8-10,12-14,16,19H,2,6-7,11,15,17H2,1H3. The van der Waals surface area contributed by atoms with Crippen LogP contribution in [0.15, 0.2) is 60.1 Å². The summed E-state index contributed by atoms with van der Waals surface area (Å²) in [6.07, 6.45) is 6.12. The van der Waals surface area contributed by atoms with Crippen LogP contribution in [0.1, 0.15) is 48.7 Å².